The zero-order chi connectivity index (χ0) is 18.3. The van der Waals surface area contributed by atoms with Crippen molar-refractivity contribution in [1.82, 2.24) is 24.5 Å². The minimum atomic E-state index is -3.76. The number of aromatic amines is 2. The van der Waals surface area contributed by atoms with Crippen molar-refractivity contribution in [3.63, 3.8) is 0 Å². The molecule has 1 aliphatic rings. The van der Waals surface area contributed by atoms with Crippen LogP contribution in [0.4, 0.5) is 0 Å². The summed E-state index contributed by atoms with van der Waals surface area (Å²) in [7, 11) is -3.76. The lowest BCUT2D eigenvalue weighted by Gasteiger charge is -2.30. The molecule has 11 heteroatoms. The molecule has 26 heavy (non-hydrogen) atoms. The molecule has 1 aliphatic heterocycles. The van der Waals surface area contributed by atoms with E-state index >= 15 is 0 Å². The zero-order valence-corrected chi connectivity index (χ0v) is 14.7. The van der Waals surface area contributed by atoms with E-state index in [2.05, 4.69) is 20.2 Å². The molecule has 3 aromatic rings. The Morgan fingerprint density at radius 1 is 1.27 bits per heavy atom. The number of sulfonamides is 1. The van der Waals surface area contributed by atoms with Gasteiger partial charge in [0, 0.05) is 19.5 Å². The summed E-state index contributed by atoms with van der Waals surface area (Å²) in [5.41, 5.74) is 0.598. The normalized spacial score (nSPS) is 19.2. The van der Waals surface area contributed by atoms with E-state index in [1.54, 1.807) is 6.07 Å². The molecule has 1 saturated heterocycles. The average Bonchev–Trinajstić information content (AvgIpc) is 3.26. The third-order valence-corrected chi connectivity index (χ3v) is 6.08. The van der Waals surface area contributed by atoms with Crippen molar-refractivity contribution in [3.05, 3.63) is 40.5 Å². The van der Waals surface area contributed by atoms with Crippen LogP contribution in [0.5, 0.6) is 0 Å². The fourth-order valence-electron chi connectivity index (χ4n) is 2.85. The summed E-state index contributed by atoms with van der Waals surface area (Å²) in [6.45, 7) is 2.40. The van der Waals surface area contributed by atoms with Gasteiger partial charge in [0.05, 0.1) is 22.5 Å². The van der Waals surface area contributed by atoms with Crippen molar-refractivity contribution in [2.75, 3.05) is 19.7 Å². The number of aromatic nitrogens is 4. The quantitative estimate of drug-likeness (QED) is 0.676. The van der Waals surface area contributed by atoms with Gasteiger partial charge >= 0.3 is 5.69 Å². The van der Waals surface area contributed by atoms with Gasteiger partial charge in [-0.1, -0.05) is 6.92 Å². The van der Waals surface area contributed by atoms with E-state index in [4.69, 9.17) is 9.15 Å². The molecule has 0 bridgehead atoms. The number of fused-ring (bicyclic) bond motifs is 1. The fraction of sp³-hybridized carbons (Fsp3) is 0.400. The van der Waals surface area contributed by atoms with Crippen molar-refractivity contribution >= 4 is 21.1 Å². The molecule has 4 rings (SSSR count). The molecule has 1 aromatic carbocycles. The summed E-state index contributed by atoms with van der Waals surface area (Å²) in [4.78, 5) is 16.6. The van der Waals surface area contributed by atoms with Gasteiger partial charge in [0.1, 0.15) is 6.10 Å². The number of H-pyrrole nitrogens is 2. The maximum absolute atomic E-state index is 13.0. The molecule has 1 unspecified atom stereocenters. The molecule has 2 aromatic heterocycles. The second-order valence-electron chi connectivity index (χ2n) is 5.90. The summed E-state index contributed by atoms with van der Waals surface area (Å²) in [5, 5.41) is 7.83. The number of imidazole rings is 1. The lowest BCUT2D eigenvalue weighted by molar-refractivity contribution is -0.0177. The second kappa shape index (κ2) is 6.34. The first-order chi connectivity index (χ1) is 12.5. The van der Waals surface area contributed by atoms with Gasteiger partial charge in [-0.05, 0) is 18.2 Å². The van der Waals surface area contributed by atoms with Gasteiger partial charge in [0.15, 0.2) is 0 Å². The molecule has 10 nitrogen and oxygen atoms in total. The van der Waals surface area contributed by atoms with Crippen LogP contribution >= 0.6 is 0 Å². The van der Waals surface area contributed by atoms with Crippen LogP contribution < -0.4 is 5.69 Å². The first-order valence-corrected chi connectivity index (χ1v) is 9.57. The van der Waals surface area contributed by atoms with Crippen LogP contribution in [0, 0.1) is 0 Å². The molecule has 0 radical (unpaired) electrons. The maximum atomic E-state index is 13.0. The largest absolute Gasteiger partial charge is 0.422 e. The Morgan fingerprint density at radius 3 is 2.85 bits per heavy atom. The molecule has 1 fully saturated rings. The molecule has 3 heterocycles. The summed E-state index contributed by atoms with van der Waals surface area (Å²) >= 11 is 0. The molecule has 2 N–H and O–H groups in total. The molecule has 0 amide bonds. The number of aryl methyl sites for hydroxylation is 1. The summed E-state index contributed by atoms with van der Waals surface area (Å²) in [6, 6.07) is 4.46. The Kier molecular flexibility index (Phi) is 4.13. The standard InChI is InChI=1S/C15H17N5O5S/c1-2-13-18-19-14(25-13)12-8-20(5-6-24-12)26(22,23)9-3-4-10-11(7-9)17-15(21)16-10/h3-4,7,12H,2,5-6,8H2,1H3,(H2,16,17,21). The van der Waals surface area contributed by atoms with E-state index in [-0.39, 0.29) is 36.2 Å². The Morgan fingerprint density at radius 2 is 2.08 bits per heavy atom. The number of ether oxygens (including phenoxy) is 1. The van der Waals surface area contributed by atoms with Crippen LogP contribution in [-0.4, -0.2) is 52.6 Å². The topological polar surface area (TPSA) is 134 Å². The number of hydrogen-bond donors (Lipinski definition) is 2. The van der Waals surface area contributed by atoms with Crippen molar-refractivity contribution < 1.29 is 17.6 Å². The first-order valence-electron chi connectivity index (χ1n) is 8.13. The molecular formula is C15H17N5O5S. The monoisotopic (exact) mass is 379 g/mol. The highest BCUT2D eigenvalue weighted by atomic mass is 32.2. The zero-order valence-electron chi connectivity index (χ0n) is 13.9. The molecule has 0 aliphatic carbocycles. The highest BCUT2D eigenvalue weighted by Crippen LogP contribution is 2.26. The van der Waals surface area contributed by atoms with Gasteiger partial charge in [0.2, 0.25) is 21.8 Å². The van der Waals surface area contributed by atoms with Crippen LogP contribution in [0.25, 0.3) is 11.0 Å². The van der Waals surface area contributed by atoms with Crippen LogP contribution in [0.3, 0.4) is 0 Å². The number of rotatable bonds is 4. The summed E-state index contributed by atoms with van der Waals surface area (Å²) in [6.07, 6.45) is -0.0153. The van der Waals surface area contributed by atoms with Gasteiger partial charge in [-0.15, -0.1) is 10.2 Å². The van der Waals surface area contributed by atoms with Crippen molar-refractivity contribution in [2.24, 2.45) is 0 Å². The van der Waals surface area contributed by atoms with E-state index in [9.17, 15) is 13.2 Å². The van der Waals surface area contributed by atoms with E-state index in [0.717, 1.165) is 0 Å². The Hall–Kier alpha value is -2.50. The van der Waals surface area contributed by atoms with Gasteiger partial charge in [-0.2, -0.15) is 4.31 Å². The Labute approximate surface area is 148 Å². The van der Waals surface area contributed by atoms with Crippen LogP contribution in [0.15, 0.2) is 32.3 Å². The minimum absolute atomic E-state index is 0.0787. The van der Waals surface area contributed by atoms with Crippen molar-refractivity contribution in [2.45, 2.75) is 24.3 Å². The summed E-state index contributed by atoms with van der Waals surface area (Å²) < 4.78 is 38.4. The van der Waals surface area contributed by atoms with E-state index < -0.39 is 16.1 Å². The van der Waals surface area contributed by atoms with E-state index in [1.807, 2.05) is 6.92 Å². The van der Waals surface area contributed by atoms with Crippen molar-refractivity contribution in [1.29, 1.82) is 0 Å². The van der Waals surface area contributed by atoms with E-state index in [1.165, 1.54) is 16.4 Å². The second-order valence-corrected chi connectivity index (χ2v) is 7.83. The predicted molar refractivity (Wildman–Crippen MR) is 90.0 cm³/mol. The van der Waals surface area contributed by atoms with Gasteiger partial charge in [-0.3, -0.25) is 0 Å². The molecule has 0 spiro atoms. The van der Waals surface area contributed by atoms with Crippen LogP contribution in [0.2, 0.25) is 0 Å². The van der Waals surface area contributed by atoms with Gasteiger partial charge in [0.25, 0.3) is 0 Å². The first kappa shape index (κ1) is 16.9. The van der Waals surface area contributed by atoms with Gasteiger partial charge in [-0.25, -0.2) is 13.2 Å². The molecule has 0 saturated carbocycles. The maximum Gasteiger partial charge on any atom is 0.323 e. The lowest BCUT2D eigenvalue weighted by Crippen LogP contribution is -2.42. The molecular weight excluding hydrogens is 362 g/mol. The van der Waals surface area contributed by atoms with Crippen LogP contribution in [-0.2, 0) is 21.2 Å². The predicted octanol–water partition coefficient (Wildman–Crippen LogP) is 0.564. The average molecular weight is 379 g/mol. The Balaban J connectivity index is 1.62. The molecule has 1 atom stereocenters. The number of nitrogens with zero attached hydrogens (tertiary/aromatic N) is 3. The summed E-state index contributed by atoms with van der Waals surface area (Å²) in [5.74, 6) is 0.748. The van der Waals surface area contributed by atoms with Gasteiger partial charge < -0.3 is 19.1 Å². The number of nitrogens with one attached hydrogen (secondary N) is 2. The number of morpholine rings is 1. The smallest absolute Gasteiger partial charge is 0.323 e. The third kappa shape index (κ3) is 2.93. The fourth-order valence-corrected chi connectivity index (χ4v) is 4.31. The highest BCUT2D eigenvalue weighted by molar-refractivity contribution is 7.89. The lowest BCUT2D eigenvalue weighted by atomic mass is 10.3. The minimum Gasteiger partial charge on any atom is -0.422 e. The molecule has 138 valence electrons. The third-order valence-electron chi connectivity index (χ3n) is 4.21. The van der Waals surface area contributed by atoms with E-state index in [0.29, 0.717) is 23.3 Å². The van der Waals surface area contributed by atoms with Crippen LogP contribution in [0.1, 0.15) is 24.8 Å². The number of benzene rings is 1. The van der Waals surface area contributed by atoms with Crippen molar-refractivity contribution in [3.8, 4) is 0 Å². The number of hydrogen-bond acceptors (Lipinski definition) is 7. The SMILES string of the molecule is CCc1nnc(C2CN(S(=O)(=O)c3ccc4[nH]c(=O)[nH]c4c3)CCO2)o1. The highest BCUT2D eigenvalue weighted by Gasteiger charge is 2.34. The Bertz CT molecular complexity index is 1100.